The van der Waals surface area contributed by atoms with E-state index in [9.17, 15) is 8.76 Å². The Hall–Kier alpha value is -1.63. The molecule has 0 fully saturated rings. The van der Waals surface area contributed by atoms with E-state index in [1.807, 2.05) is 36.4 Å². The SMILES string of the molecule is C[C@@H](CN(Cc1ccccn1)Cc1ccccn1)S(=O)O. The summed E-state index contributed by atoms with van der Waals surface area (Å²) in [6.07, 6.45) is 3.50. The van der Waals surface area contributed by atoms with Gasteiger partial charge in [-0.1, -0.05) is 12.1 Å². The Labute approximate surface area is 127 Å². The van der Waals surface area contributed by atoms with Gasteiger partial charge in [-0.2, -0.15) is 0 Å². The van der Waals surface area contributed by atoms with Crippen molar-refractivity contribution < 1.29 is 8.76 Å². The van der Waals surface area contributed by atoms with Gasteiger partial charge in [-0.05, 0) is 31.2 Å². The Morgan fingerprint density at radius 1 is 1.10 bits per heavy atom. The number of nitrogens with zero attached hydrogens (tertiary/aromatic N) is 3. The van der Waals surface area contributed by atoms with Crippen molar-refractivity contribution in [3.63, 3.8) is 0 Å². The van der Waals surface area contributed by atoms with Gasteiger partial charge in [0.15, 0.2) is 11.1 Å². The molecule has 0 spiro atoms. The maximum Gasteiger partial charge on any atom is 0.157 e. The third kappa shape index (κ3) is 5.34. The summed E-state index contributed by atoms with van der Waals surface area (Å²) in [5.41, 5.74) is 1.87. The highest BCUT2D eigenvalue weighted by Gasteiger charge is 2.16. The van der Waals surface area contributed by atoms with Crippen molar-refractivity contribution in [2.24, 2.45) is 0 Å². The summed E-state index contributed by atoms with van der Waals surface area (Å²) in [7, 11) is 0. The van der Waals surface area contributed by atoms with Crippen molar-refractivity contribution in [1.29, 1.82) is 0 Å². The number of aromatic nitrogens is 2. The fourth-order valence-electron chi connectivity index (χ4n) is 2.05. The Morgan fingerprint density at radius 2 is 1.62 bits per heavy atom. The maximum atomic E-state index is 11.2. The van der Waals surface area contributed by atoms with Gasteiger partial charge in [-0.15, -0.1) is 0 Å². The molecule has 0 aliphatic carbocycles. The van der Waals surface area contributed by atoms with Gasteiger partial charge in [-0.25, -0.2) is 4.21 Å². The van der Waals surface area contributed by atoms with Crippen LogP contribution in [0.1, 0.15) is 18.3 Å². The zero-order chi connectivity index (χ0) is 15.1. The molecule has 0 saturated carbocycles. The molecule has 6 heteroatoms. The molecule has 0 aromatic carbocycles. The highest BCUT2D eigenvalue weighted by atomic mass is 32.2. The van der Waals surface area contributed by atoms with Crippen molar-refractivity contribution in [2.45, 2.75) is 25.3 Å². The lowest BCUT2D eigenvalue weighted by Crippen LogP contribution is -2.32. The van der Waals surface area contributed by atoms with Crippen LogP contribution < -0.4 is 0 Å². The van der Waals surface area contributed by atoms with Gasteiger partial charge in [0.05, 0.1) is 16.6 Å². The predicted molar refractivity (Wildman–Crippen MR) is 82.8 cm³/mol. The van der Waals surface area contributed by atoms with Crippen LogP contribution in [0.15, 0.2) is 48.8 Å². The molecule has 1 unspecified atom stereocenters. The molecule has 0 saturated heterocycles. The van der Waals surface area contributed by atoms with E-state index < -0.39 is 11.1 Å². The Kier molecular flexibility index (Phi) is 5.98. The first kappa shape index (κ1) is 15.8. The second kappa shape index (κ2) is 7.97. The lowest BCUT2D eigenvalue weighted by Gasteiger charge is -2.23. The first-order chi connectivity index (χ1) is 10.1. The number of rotatable bonds is 7. The molecule has 2 aromatic heterocycles. The monoisotopic (exact) mass is 305 g/mol. The molecule has 21 heavy (non-hydrogen) atoms. The molecule has 1 N–H and O–H groups in total. The van der Waals surface area contributed by atoms with E-state index in [0.29, 0.717) is 19.6 Å². The summed E-state index contributed by atoms with van der Waals surface area (Å²) in [6, 6.07) is 11.5. The molecule has 2 heterocycles. The average Bonchev–Trinajstić information content (AvgIpc) is 2.49. The van der Waals surface area contributed by atoms with E-state index in [4.69, 9.17) is 0 Å². The quantitative estimate of drug-likeness (QED) is 0.793. The molecule has 112 valence electrons. The average molecular weight is 305 g/mol. The van der Waals surface area contributed by atoms with Gasteiger partial charge in [0.2, 0.25) is 0 Å². The van der Waals surface area contributed by atoms with Crippen LogP contribution in [0.2, 0.25) is 0 Å². The summed E-state index contributed by atoms with van der Waals surface area (Å²) in [5.74, 6) is 0. The molecule has 0 amide bonds. The maximum absolute atomic E-state index is 11.2. The van der Waals surface area contributed by atoms with Crippen LogP contribution in [0.5, 0.6) is 0 Å². The zero-order valence-electron chi connectivity index (χ0n) is 11.9. The van der Waals surface area contributed by atoms with Crippen LogP contribution in [0.25, 0.3) is 0 Å². The first-order valence-corrected chi connectivity index (χ1v) is 7.94. The zero-order valence-corrected chi connectivity index (χ0v) is 12.7. The van der Waals surface area contributed by atoms with E-state index >= 15 is 0 Å². The van der Waals surface area contributed by atoms with Gasteiger partial charge in [0.25, 0.3) is 0 Å². The topological polar surface area (TPSA) is 66.3 Å². The molecule has 2 aromatic rings. The molecular weight excluding hydrogens is 286 g/mol. The van der Waals surface area contributed by atoms with Crippen molar-refractivity contribution in [3.05, 3.63) is 60.2 Å². The molecule has 0 aliphatic rings. The van der Waals surface area contributed by atoms with Crippen LogP contribution in [0.3, 0.4) is 0 Å². The van der Waals surface area contributed by atoms with E-state index in [-0.39, 0.29) is 5.25 Å². The molecule has 0 bridgehead atoms. The van der Waals surface area contributed by atoms with Gasteiger partial charge in [-0.3, -0.25) is 14.9 Å². The largest absolute Gasteiger partial charge is 0.306 e. The Bertz CT molecular complexity index is 524. The van der Waals surface area contributed by atoms with Crippen molar-refractivity contribution in [2.75, 3.05) is 6.54 Å². The van der Waals surface area contributed by atoms with Crippen molar-refractivity contribution in [3.8, 4) is 0 Å². The first-order valence-electron chi connectivity index (χ1n) is 6.77. The van der Waals surface area contributed by atoms with Crippen LogP contribution in [-0.2, 0) is 24.2 Å². The van der Waals surface area contributed by atoms with Gasteiger partial charge in [0, 0.05) is 32.0 Å². The molecule has 2 rings (SSSR count). The fraction of sp³-hybridized carbons (Fsp3) is 0.333. The molecule has 5 nitrogen and oxygen atoms in total. The summed E-state index contributed by atoms with van der Waals surface area (Å²) < 4.78 is 20.4. The van der Waals surface area contributed by atoms with Crippen LogP contribution >= 0.6 is 0 Å². The second-order valence-corrected chi connectivity index (χ2v) is 6.26. The second-order valence-electron chi connectivity index (χ2n) is 4.90. The number of hydrogen-bond donors (Lipinski definition) is 1. The fourth-order valence-corrected chi connectivity index (χ4v) is 2.39. The van der Waals surface area contributed by atoms with Crippen LogP contribution in [-0.4, -0.2) is 35.4 Å². The van der Waals surface area contributed by atoms with Crippen LogP contribution in [0, 0.1) is 0 Å². The van der Waals surface area contributed by atoms with E-state index in [1.165, 1.54) is 0 Å². The highest BCUT2D eigenvalue weighted by molar-refractivity contribution is 7.79. The minimum Gasteiger partial charge on any atom is -0.306 e. The summed E-state index contributed by atoms with van der Waals surface area (Å²) in [4.78, 5) is 10.7. The van der Waals surface area contributed by atoms with Crippen molar-refractivity contribution in [1.82, 2.24) is 14.9 Å². The van der Waals surface area contributed by atoms with Crippen molar-refractivity contribution >= 4 is 11.1 Å². The summed E-state index contributed by atoms with van der Waals surface area (Å²) in [5, 5.41) is -0.322. The highest BCUT2D eigenvalue weighted by Crippen LogP contribution is 2.09. The lowest BCUT2D eigenvalue weighted by atomic mass is 10.2. The minimum absolute atomic E-state index is 0.322. The van der Waals surface area contributed by atoms with Gasteiger partial charge in [0.1, 0.15) is 0 Å². The number of hydrogen-bond acceptors (Lipinski definition) is 4. The summed E-state index contributed by atoms with van der Waals surface area (Å²) in [6.45, 7) is 3.52. The van der Waals surface area contributed by atoms with E-state index in [1.54, 1.807) is 19.3 Å². The van der Waals surface area contributed by atoms with Crippen LogP contribution in [0.4, 0.5) is 0 Å². The molecule has 2 atom stereocenters. The van der Waals surface area contributed by atoms with E-state index in [0.717, 1.165) is 11.4 Å². The lowest BCUT2D eigenvalue weighted by molar-refractivity contribution is 0.251. The predicted octanol–water partition coefficient (Wildman–Crippen LogP) is 2.09. The molecule has 0 aliphatic heterocycles. The number of pyridine rings is 2. The molecule has 0 radical (unpaired) electrons. The van der Waals surface area contributed by atoms with Gasteiger partial charge >= 0.3 is 0 Å². The molecular formula is C15H19N3O2S. The summed E-state index contributed by atoms with van der Waals surface area (Å²) >= 11 is -1.83. The normalized spacial score (nSPS) is 14.0. The third-order valence-corrected chi connectivity index (χ3v) is 3.92. The Balaban J connectivity index is 2.08. The Morgan fingerprint density at radius 3 is 2.00 bits per heavy atom. The smallest absolute Gasteiger partial charge is 0.157 e. The standard InChI is InChI=1S/C15H19N3O2S/c1-13(21(19)20)10-18(11-14-6-2-4-8-16-14)12-15-7-3-5-9-17-15/h2-9,13H,10-12H2,1H3,(H,19,20)/t13-/m0/s1. The third-order valence-electron chi connectivity index (χ3n) is 3.08. The minimum atomic E-state index is -1.83. The van der Waals surface area contributed by atoms with E-state index in [2.05, 4.69) is 14.9 Å². The van der Waals surface area contributed by atoms with Gasteiger partial charge < -0.3 is 4.55 Å².